The lowest BCUT2D eigenvalue weighted by Crippen LogP contribution is -2.46. The Morgan fingerprint density at radius 1 is 1.19 bits per heavy atom. The van der Waals surface area contributed by atoms with Crippen LogP contribution in [0, 0.1) is 5.92 Å². The Labute approximate surface area is 164 Å². The second kappa shape index (κ2) is 10.8. The van der Waals surface area contributed by atoms with E-state index < -0.39 is 10.0 Å². The van der Waals surface area contributed by atoms with Crippen molar-refractivity contribution in [3.05, 3.63) is 0 Å². The fraction of sp³-hybridized carbons (Fsp3) is 0.944. The van der Waals surface area contributed by atoms with Gasteiger partial charge in [-0.25, -0.2) is 12.7 Å². The maximum Gasteiger partial charge on any atom is 0.211 e. The summed E-state index contributed by atoms with van der Waals surface area (Å²) >= 11 is 2.08. The first-order valence-electron chi connectivity index (χ1n) is 10.0. The molecule has 0 aromatic rings. The van der Waals surface area contributed by atoms with E-state index in [2.05, 4.69) is 36.2 Å². The summed E-state index contributed by atoms with van der Waals surface area (Å²) in [6.45, 7) is 7.22. The second-order valence-electron chi connectivity index (χ2n) is 7.41. The van der Waals surface area contributed by atoms with Crippen LogP contribution in [0.15, 0.2) is 4.99 Å². The topological polar surface area (TPSA) is 73.8 Å². The van der Waals surface area contributed by atoms with Gasteiger partial charge >= 0.3 is 0 Å². The zero-order valence-electron chi connectivity index (χ0n) is 16.5. The van der Waals surface area contributed by atoms with Crippen LogP contribution in [0.3, 0.4) is 0 Å². The minimum Gasteiger partial charge on any atom is -0.357 e. The molecule has 2 aliphatic rings. The van der Waals surface area contributed by atoms with Crippen LogP contribution in [0.5, 0.6) is 0 Å². The van der Waals surface area contributed by atoms with E-state index in [4.69, 9.17) is 4.99 Å². The van der Waals surface area contributed by atoms with Crippen molar-refractivity contribution in [2.45, 2.75) is 63.7 Å². The van der Waals surface area contributed by atoms with E-state index in [1.54, 1.807) is 4.31 Å². The molecular weight excluding hydrogens is 368 g/mol. The van der Waals surface area contributed by atoms with Crippen molar-refractivity contribution in [3.8, 4) is 0 Å². The highest BCUT2D eigenvalue weighted by Gasteiger charge is 2.25. The fourth-order valence-electron chi connectivity index (χ4n) is 3.82. The molecule has 2 unspecified atom stereocenters. The highest BCUT2D eigenvalue weighted by molar-refractivity contribution is 7.99. The van der Waals surface area contributed by atoms with Crippen LogP contribution < -0.4 is 10.6 Å². The van der Waals surface area contributed by atoms with Gasteiger partial charge in [-0.15, -0.1) is 0 Å². The van der Waals surface area contributed by atoms with Gasteiger partial charge in [-0.2, -0.15) is 11.8 Å². The third kappa shape index (κ3) is 7.27. The quantitative estimate of drug-likeness (QED) is 0.503. The molecule has 0 aromatic carbocycles. The summed E-state index contributed by atoms with van der Waals surface area (Å²) in [4.78, 5) is 4.81. The van der Waals surface area contributed by atoms with Crippen molar-refractivity contribution < 1.29 is 8.42 Å². The summed E-state index contributed by atoms with van der Waals surface area (Å²) in [6, 6.07) is 0.512. The van der Waals surface area contributed by atoms with E-state index in [9.17, 15) is 8.42 Å². The summed E-state index contributed by atoms with van der Waals surface area (Å²) in [5.74, 6) is 2.58. The first-order chi connectivity index (χ1) is 12.4. The molecule has 1 aliphatic carbocycles. The largest absolute Gasteiger partial charge is 0.357 e. The monoisotopic (exact) mass is 404 g/mol. The molecule has 0 bridgehead atoms. The molecule has 2 atom stereocenters. The first kappa shape index (κ1) is 21.8. The second-order valence-corrected chi connectivity index (χ2v) is 11.0. The van der Waals surface area contributed by atoms with Gasteiger partial charge in [0, 0.05) is 37.5 Å². The zero-order chi connectivity index (χ0) is 19.0. The van der Waals surface area contributed by atoms with Crippen molar-refractivity contribution in [3.63, 3.8) is 0 Å². The minimum absolute atomic E-state index is 0.471. The van der Waals surface area contributed by atoms with Crippen LogP contribution in [0.25, 0.3) is 0 Å². The summed E-state index contributed by atoms with van der Waals surface area (Å²) in [5, 5.41) is 7.78. The van der Waals surface area contributed by atoms with E-state index in [1.165, 1.54) is 37.7 Å². The standard InChI is InChI=1S/C18H36N4O2S2/c1-4-19-18(21-16-7-6-8-17(13-16)25-5-2)20-14-15-9-11-22(12-10-15)26(3,23)24/h15-17H,4-14H2,1-3H3,(H2,19,20,21). The molecule has 8 heteroatoms. The Kier molecular flexibility index (Phi) is 9.03. The number of piperidine rings is 1. The zero-order valence-corrected chi connectivity index (χ0v) is 18.2. The molecule has 1 heterocycles. The number of nitrogens with one attached hydrogen (secondary N) is 2. The molecule has 152 valence electrons. The summed E-state index contributed by atoms with van der Waals surface area (Å²) in [7, 11) is -3.05. The molecule has 26 heavy (non-hydrogen) atoms. The number of nitrogens with zero attached hydrogens (tertiary/aromatic N) is 2. The fourth-order valence-corrected chi connectivity index (χ4v) is 5.87. The van der Waals surface area contributed by atoms with Crippen molar-refractivity contribution in [2.24, 2.45) is 10.9 Å². The summed E-state index contributed by atoms with van der Waals surface area (Å²) < 4.78 is 24.8. The lowest BCUT2D eigenvalue weighted by molar-refractivity contribution is 0.280. The smallest absolute Gasteiger partial charge is 0.211 e. The van der Waals surface area contributed by atoms with Crippen molar-refractivity contribution in [1.82, 2.24) is 14.9 Å². The summed E-state index contributed by atoms with van der Waals surface area (Å²) in [6.07, 6.45) is 8.16. The SMILES string of the molecule is CCNC(=NCC1CCN(S(C)(=O)=O)CC1)NC1CCCC(SCC)C1. The molecule has 1 saturated carbocycles. The van der Waals surface area contributed by atoms with Gasteiger partial charge in [-0.05, 0) is 50.7 Å². The van der Waals surface area contributed by atoms with Gasteiger partial charge in [0.1, 0.15) is 0 Å². The Balaban J connectivity index is 1.83. The van der Waals surface area contributed by atoms with Gasteiger partial charge in [0.25, 0.3) is 0 Å². The van der Waals surface area contributed by atoms with Crippen LogP contribution in [0.1, 0.15) is 52.4 Å². The highest BCUT2D eigenvalue weighted by atomic mass is 32.2. The predicted octanol–water partition coefficient (Wildman–Crippen LogP) is 2.28. The number of hydrogen-bond donors (Lipinski definition) is 2. The average molecular weight is 405 g/mol. The number of guanidine groups is 1. The van der Waals surface area contributed by atoms with E-state index in [0.29, 0.717) is 25.0 Å². The van der Waals surface area contributed by atoms with Gasteiger partial charge in [0.2, 0.25) is 10.0 Å². The van der Waals surface area contributed by atoms with E-state index in [1.807, 2.05) is 0 Å². The normalized spacial score (nSPS) is 26.7. The average Bonchev–Trinajstić information content (AvgIpc) is 2.60. The van der Waals surface area contributed by atoms with Gasteiger partial charge in [0.15, 0.2) is 5.96 Å². The number of rotatable bonds is 7. The van der Waals surface area contributed by atoms with Crippen molar-refractivity contribution >= 4 is 27.7 Å². The van der Waals surface area contributed by atoms with Crippen molar-refractivity contribution in [2.75, 3.05) is 38.2 Å². The van der Waals surface area contributed by atoms with E-state index in [-0.39, 0.29) is 0 Å². The lowest BCUT2D eigenvalue weighted by atomic mass is 9.95. The Morgan fingerprint density at radius 3 is 2.54 bits per heavy atom. The highest BCUT2D eigenvalue weighted by Crippen LogP contribution is 2.28. The molecule has 0 spiro atoms. The Bertz CT molecular complexity index is 543. The van der Waals surface area contributed by atoms with Crippen LogP contribution in [0.4, 0.5) is 0 Å². The van der Waals surface area contributed by atoms with Crippen LogP contribution >= 0.6 is 11.8 Å². The molecule has 1 saturated heterocycles. The number of hydrogen-bond acceptors (Lipinski definition) is 4. The Morgan fingerprint density at radius 2 is 1.92 bits per heavy atom. The van der Waals surface area contributed by atoms with E-state index >= 15 is 0 Å². The molecule has 2 rings (SSSR count). The Hall–Kier alpha value is -0.470. The third-order valence-corrected chi connectivity index (χ3v) is 7.80. The van der Waals surface area contributed by atoms with Gasteiger partial charge < -0.3 is 10.6 Å². The molecule has 0 aromatic heterocycles. The molecule has 1 aliphatic heterocycles. The summed E-state index contributed by atoms with van der Waals surface area (Å²) in [5.41, 5.74) is 0. The van der Waals surface area contributed by atoms with Crippen LogP contribution in [-0.4, -0.2) is 68.2 Å². The predicted molar refractivity (Wildman–Crippen MR) is 112 cm³/mol. The van der Waals surface area contributed by atoms with Gasteiger partial charge in [0.05, 0.1) is 6.26 Å². The maximum absolute atomic E-state index is 11.6. The molecular formula is C18H36N4O2S2. The maximum atomic E-state index is 11.6. The van der Waals surface area contributed by atoms with Gasteiger partial charge in [-0.3, -0.25) is 4.99 Å². The lowest BCUT2D eigenvalue weighted by Gasteiger charge is -2.31. The first-order valence-corrected chi connectivity index (χ1v) is 12.9. The van der Waals surface area contributed by atoms with Crippen LogP contribution in [0.2, 0.25) is 0 Å². The molecule has 0 radical (unpaired) electrons. The number of thioether (sulfide) groups is 1. The van der Waals surface area contributed by atoms with Crippen molar-refractivity contribution in [1.29, 1.82) is 0 Å². The van der Waals surface area contributed by atoms with Crippen LogP contribution in [-0.2, 0) is 10.0 Å². The minimum atomic E-state index is -3.05. The van der Waals surface area contributed by atoms with E-state index in [0.717, 1.165) is 37.1 Å². The molecule has 0 amide bonds. The molecule has 2 N–H and O–H groups in total. The van der Waals surface area contributed by atoms with Gasteiger partial charge in [-0.1, -0.05) is 13.3 Å². The molecule has 2 fully saturated rings. The third-order valence-electron chi connectivity index (χ3n) is 5.26. The number of aliphatic imine (C=N–C) groups is 1. The number of sulfonamides is 1. The molecule has 6 nitrogen and oxygen atoms in total.